The van der Waals surface area contributed by atoms with Gasteiger partial charge in [-0.15, -0.1) is 11.6 Å². The third-order valence-corrected chi connectivity index (χ3v) is 11.5. The summed E-state index contributed by atoms with van der Waals surface area (Å²) in [6, 6.07) is 4.32. The van der Waals surface area contributed by atoms with E-state index >= 15 is 0 Å². The number of carbonyl (C=O) groups excluding carboxylic acids is 3. The van der Waals surface area contributed by atoms with Crippen LogP contribution >= 0.6 is 0 Å². The van der Waals surface area contributed by atoms with Crippen molar-refractivity contribution in [3.8, 4) is 23.7 Å². The number of rotatable bonds is 14. The zero-order valence-corrected chi connectivity index (χ0v) is 30.3. The molecular weight excluding hydrogens is 696 g/mol. The number of nitrogens with one attached hydrogen (secondary N) is 1. The van der Waals surface area contributed by atoms with Crippen LogP contribution in [0.25, 0.3) is 10.8 Å². The molecule has 278 valence electrons. The first-order valence-electron chi connectivity index (χ1n) is 16.8. The molecule has 0 spiro atoms. The molecule has 2 aromatic heterocycles. The van der Waals surface area contributed by atoms with E-state index in [0.29, 0.717) is 24.0 Å². The highest BCUT2D eigenvalue weighted by atomic mass is 32.2. The van der Waals surface area contributed by atoms with Crippen LogP contribution in [0.1, 0.15) is 39.5 Å². The van der Waals surface area contributed by atoms with Crippen LogP contribution in [0.2, 0.25) is 0 Å². The van der Waals surface area contributed by atoms with Crippen molar-refractivity contribution in [2.24, 2.45) is 17.6 Å². The van der Waals surface area contributed by atoms with Gasteiger partial charge in [-0.3, -0.25) is 24.0 Å². The summed E-state index contributed by atoms with van der Waals surface area (Å²) in [4.78, 5) is 62.4. The molecule has 2 aliphatic carbocycles. The van der Waals surface area contributed by atoms with Gasteiger partial charge in [0.25, 0.3) is 17.7 Å². The van der Waals surface area contributed by atoms with E-state index in [1.54, 1.807) is 56.3 Å². The molecule has 1 aromatic carbocycles. The number of aromatic nitrogens is 4. The summed E-state index contributed by atoms with van der Waals surface area (Å²) < 4.78 is 50.5. The van der Waals surface area contributed by atoms with E-state index in [0.717, 1.165) is 10.3 Å². The minimum atomic E-state index is -3.96. The average molecular weight is 739 g/mol. The van der Waals surface area contributed by atoms with Gasteiger partial charge >= 0.3 is 12.0 Å². The zero-order valence-electron chi connectivity index (χ0n) is 29.5. The van der Waals surface area contributed by atoms with Gasteiger partial charge < -0.3 is 24.7 Å². The Morgan fingerprint density at radius 2 is 1.77 bits per heavy atom. The number of hydrogen-bond acceptors (Lipinski definition) is 15. The predicted octanol–water partition coefficient (Wildman–Crippen LogP) is 1.36. The first kappa shape index (κ1) is 36.8. The lowest BCUT2D eigenvalue weighted by molar-refractivity contribution is -0.133. The number of carbonyl (C=O) groups is 3. The van der Waals surface area contributed by atoms with Gasteiger partial charge in [-0.1, -0.05) is 19.9 Å². The molecule has 0 radical (unpaired) electrons. The quantitative estimate of drug-likeness (QED) is 0.223. The largest absolute Gasteiger partial charge is 0.497 e. The molecular formula is C34H42N8O9S. The van der Waals surface area contributed by atoms with Crippen molar-refractivity contribution in [1.82, 2.24) is 29.6 Å². The number of amides is 3. The number of sulfonamides is 1. The Balaban J connectivity index is 1.43. The molecule has 5 atom stereocenters. The van der Waals surface area contributed by atoms with Crippen LogP contribution in [-0.2, 0) is 24.4 Å². The number of imide groups is 1. The van der Waals surface area contributed by atoms with E-state index in [-0.39, 0.29) is 37.3 Å². The highest BCUT2D eigenvalue weighted by molar-refractivity contribution is 7.91. The lowest BCUT2D eigenvalue weighted by atomic mass is 10.0. The van der Waals surface area contributed by atoms with Crippen molar-refractivity contribution in [1.29, 1.82) is 0 Å². The van der Waals surface area contributed by atoms with Crippen molar-refractivity contribution >= 4 is 44.5 Å². The molecule has 3 aromatic rings. The van der Waals surface area contributed by atoms with E-state index < -0.39 is 74.5 Å². The summed E-state index contributed by atoms with van der Waals surface area (Å²) in [7, 11) is 0.192. The van der Waals surface area contributed by atoms with E-state index in [1.807, 2.05) is 6.07 Å². The smallest absolute Gasteiger partial charge is 0.324 e. The summed E-state index contributed by atoms with van der Waals surface area (Å²) in [6.07, 6.45) is 3.38. The molecule has 3 aliphatic rings. The van der Waals surface area contributed by atoms with Gasteiger partial charge in [0.15, 0.2) is 0 Å². The van der Waals surface area contributed by atoms with Crippen LogP contribution in [0, 0.1) is 11.8 Å². The predicted molar refractivity (Wildman–Crippen MR) is 187 cm³/mol. The minimum Gasteiger partial charge on any atom is -0.497 e. The first-order valence-corrected chi connectivity index (χ1v) is 18.3. The number of methoxy groups -OCH3 is 3. The Morgan fingerprint density at radius 1 is 1.08 bits per heavy atom. The normalized spacial score (nSPS) is 23.5. The van der Waals surface area contributed by atoms with Gasteiger partial charge in [-0.25, -0.2) is 18.3 Å². The summed E-state index contributed by atoms with van der Waals surface area (Å²) in [5.41, 5.74) is 4.82. The van der Waals surface area contributed by atoms with Crippen molar-refractivity contribution in [3.63, 3.8) is 0 Å². The Hall–Kier alpha value is -4.94. The summed E-state index contributed by atoms with van der Waals surface area (Å²) in [5, 5.41) is 0.795. The maximum atomic E-state index is 15.0. The fourth-order valence-corrected chi connectivity index (χ4v) is 7.88. The average Bonchev–Trinajstić information content (AvgIpc) is 4.07. The highest BCUT2D eigenvalue weighted by Gasteiger charge is 2.67. The lowest BCUT2D eigenvalue weighted by Crippen LogP contribution is -2.60. The Morgan fingerprint density at radius 3 is 2.35 bits per heavy atom. The Labute approximate surface area is 300 Å². The topological polar surface area (TPSA) is 218 Å². The fourth-order valence-electron chi connectivity index (χ4n) is 6.52. The maximum absolute atomic E-state index is 15.0. The zero-order chi connectivity index (χ0) is 37.5. The van der Waals surface area contributed by atoms with Crippen LogP contribution in [-0.4, -0.2) is 108 Å². The number of benzene rings is 1. The number of hydrogen-bond donors (Lipinski definition) is 2. The number of nitrogens with zero attached hydrogens (tertiary/aromatic N) is 6. The third kappa shape index (κ3) is 6.84. The van der Waals surface area contributed by atoms with Crippen LogP contribution in [0.5, 0.6) is 23.7 Å². The molecule has 3 amide bonds. The summed E-state index contributed by atoms with van der Waals surface area (Å²) in [6.45, 7) is 7.30. The van der Waals surface area contributed by atoms with Gasteiger partial charge in [-0.05, 0) is 54.8 Å². The lowest BCUT2D eigenvalue weighted by Gasteiger charge is -2.34. The maximum Gasteiger partial charge on any atom is 0.324 e. The molecule has 1 saturated heterocycles. The molecule has 2 saturated carbocycles. The van der Waals surface area contributed by atoms with Crippen LogP contribution in [0.4, 0.5) is 5.95 Å². The second-order valence-corrected chi connectivity index (χ2v) is 15.3. The number of fused-ring (bicyclic) bond motifs is 1. The molecule has 18 heteroatoms. The second-order valence-electron chi connectivity index (χ2n) is 13.4. The summed E-state index contributed by atoms with van der Waals surface area (Å²) in [5.74, 6) is -2.88. The van der Waals surface area contributed by atoms with E-state index in [1.165, 1.54) is 14.2 Å². The number of ether oxygens (including phenoxy) is 4. The molecule has 1 aliphatic heterocycles. The molecule has 6 rings (SSSR count). The Kier molecular flexibility index (Phi) is 10.1. The van der Waals surface area contributed by atoms with Crippen molar-refractivity contribution in [2.45, 2.75) is 68.5 Å². The number of pyridine rings is 1. The van der Waals surface area contributed by atoms with Gasteiger partial charge in [0.1, 0.15) is 17.4 Å². The molecule has 52 heavy (non-hydrogen) atoms. The van der Waals surface area contributed by atoms with Gasteiger partial charge in [0.05, 0.1) is 38.7 Å². The molecule has 0 bridgehead atoms. The SMILES string of the molecule is C=C[C@@H]1C[C@@]1(C(=O)NS(=O)(=O)C1CC1)N1C[C@H](Oc2nccc3cc(OC)ccc23)C[C@H]1C(=O)N(C(=O)[C@@H](N)C(C)C)c1nc(OC)nc(OC)n1. The highest BCUT2D eigenvalue weighted by Crippen LogP contribution is 2.53. The van der Waals surface area contributed by atoms with E-state index in [9.17, 15) is 22.8 Å². The molecule has 3 N–H and O–H groups in total. The van der Waals surface area contributed by atoms with Gasteiger partial charge in [0.2, 0.25) is 21.9 Å². The van der Waals surface area contributed by atoms with Crippen LogP contribution in [0.15, 0.2) is 43.1 Å². The molecule has 3 heterocycles. The number of anilines is 1. The van der Waals surface area contributed by atoms with Gasteiger partial charge in [-0.2, -0.15) is 9.97 Å². The molecule has 3 fully saturated rings. The molecule has 17 nitrogen and oxygen atoms in total. The fraction of sp³-hybridized carbons (Fsp3) is 0.500. The molecule has 0 unspecified atom stereocenters. The Bertz CT molecular complexity index is 1990. The second kappa shape index (κ2) is 14.2. The minimum absolute atomic E-state index is 0.0199. The van der Waals surface area contributed by atoms with E-state index in [4.69, 9.17) is 24.7 Å². The monoisotopic (exact) mass is 738 g/mol. The van der Waals surface area contributed by atoms with Crippen molar-refractivity contribution < 1.29 is 41.7 Å². The van der Waals surface area contributed by atoms with E-state index in [2.05, 4.69) is 31.2 Å². The van der Waals surface area contributed by atoms with Crippen molar-refractivity contribution in [3.05, 3.63) is 43.1 Å². The van der Waals surface area contributed by atoms with Crippen LogP contribution in [0.3, 0.4) is 0 Å². The summed E-state index contributed by atoms with van der Waals surface area (Å²) >= 11 is 0. The van der Waals surface area contributed by atoms with Crippen LogP contribution < -0.4 is 34.3 Å². The standard InChI is InChI=1S/C34H42N8O9S/c1-7-20-16-34(20,30(45)40-52(46,47)23-9-10-23)41-17-22(51-27-24-11-8-21(48-4)14-19(24)12-13-36-27)15-25(41)28(43)42(29(44)26(35)18(2)3)31-37-32(49-5)39-33(38-31)50-6/h7-8,11-14,18,20,22-23,25-26H,1,9-10,15-17,35H2,2-6H3,(H,40,45)/t20-,22-,25+,26+,34-/m1/s1. The van der Waals surface area contributed by atoms with Gasteiger partial charge in [0, 0.05) is 30.5 Å². The number of likely N-dealkylation sites (tertiary alicyclic amines) is 1. The third-order valence-electron chi connectivity index (χ3n) is 9.73. The number of nitrogens with two attached hydrogens (primary N) is 1. The van der Waals surface area contributed by atoms with Crippen molar-refractivity contribution in [2.75, 3.05) is 32.8 Å². The first-order chi connectivity index (χ1) is 24.8.